The summed E-state index contributed by atoms with van der Waals surface area (Å²) in [7, 11) is 1.28. The number of anilines is 1. The molecule has 0 bridgehead atoms. The minimum atomic E-state index is -1.51. The van der Waals surface area contributed by atoms with Crippen LogP contribution in [-0.2, 0) is 20.7 Å². The number of rotatable bonds is 7. The maximum atomic E-state index is 13.6. The zero-order valence-corrected chi connectivity index (χ0v) is 22.1. The summed E-state index contributed by atoms with van der Waals surface area (Å²) in [5, 5.41) is 27.8. The Bertz CT molecular complexity index is 1760. The van der Waals surface area contributed by atoms with Crippen molar-refractivity contribution in [2.45, 2.75) is 11.2 Å². The van der Waals surface area contributed by atoms with Gasteiger partial charge in [-0.3, -0.25) is 20.2 Å². The number of nitro groups is 2. The number of carbonyl (C=O) groups is 1. The third kappa shape index (κ3) is 3.80. The van der Waals surface area contributed by atoms with Gasteiger partial charge in [-0.15, -0.1) is 4.81 Å². The van der Waals surface area contributed by atoms with Crippen molar-refractivity contribution in [2.24, 2.45) is 5.11 Å². The molecule has 0 N–H and O–H groups in total. The Morgan fingerprint density at radius 2 is 1.33 bits per heavy atom. The predicted molar refractivity (Wildman–Crippen MR) is 151 cm³/mol. The van der Waals surface area contributed by atoms with Crippen LogP contribution in [0, 0.1) is 20.2 Å². The molecule has 0 saturated carbocycles. The number of hydrogen-bond acceptors (Lipinski definition) is 8. The molecule has 0 spiro atoms. The first-order valence-corrected chi connectivity index (χ1v) is 12.8. The molecule has 0 amide bonds. The average Bonchev–Trinajstić information content (AvgIpc) is 3.53. The summed E-state index contributed by atoms with van der Waals surface area (Å²) < 4.78 is 5.27. The normalized spacial score (nSPS) is 20.6. The molecule has 12 nitrogen and oxygen atoms in total. The van der Waals surface area contributed by atoms with Gasteiger partial charge in [0.25, 0.3) is 11.4 Å². The van der Waals surface area contributed by atoms with E-state index in [1.807, 2.05) is 60.7 Å². The van der Waals surface area contributed by atoms with Gasteiger partial charge in [-0.2, -0.15) is 10.5 Å². The van der Waals surface area contributed by atoms with E-state index in [0.717, 1.165) is 0 Å². The lowest BCUT2D eigenvalue weighted by atomic mass is 9.72. The lowest BCUT2D eigenvalue weighted by Gasteiger charge is -2.47. The molecular weight excluding hydrogens is 540 g/mol. The minimum absolute atomic E-state index is 0.0984. The van der Waals surface area contributed by atoms with Crippen molar-refractivity contribution in [1.29, 1.82) is 0 Å². The van der Waals surface area contributed by atoms with Crippen molar-refractivity contribution in [1.82, 2.24) is 0 Å². The second-order valence-corrected chi connectivity index (χ2v) is 9.56. The molecule has 12 heteroatoms. The fourth-order valence-corrected chi connectivity index (χ4v) is 5.52. The molecule has 0 aromatic heterocycles. The van der Waals surface area contributed by atoms with Crippen LogP contribution in [0.15, 0.2) is 126 Å². The molecule has 4 aromatic rings. The van der Waals surface area contributed by atoms with Gasteiger partial charge in [-0.1, -0.05) is 60.7 Å². The van der Waals surface area contributed by atoms with Gasteiger partial charge in [0.05, 0.1) is 22.5 Å². The molecule has 2 atom stereocenters. The number of nitro benzene ring substituents is 2. The van der Waals surface area contributed by atoms with Crippen LogP contribution in [0.2, 0.25) is 0 Å². The van der Waals surface area contributed by atoms with Crippen LogP contribution in [0.5, 0.6) is 0 Å². The third-order valence-corrected chi connectivity index (χ3v) is 7.39. The van der Waals surface area contributed by atoms with E-state index in [4.69, 9.17) is 15.3 Å². The van der Waals surface area contributed by atoms with Crippen molar-refractivity contribution in [2.75, 3.05) is 12.0 Å². The van der Waals surface area contributed by atoms with Gasteiger partial charge in [0, 0.05) is 48.3 Å². The number of esters is 1. The van der Waals surface area contributed by atoms with Crippen LogP contribution in [0.3, 0.4) is 0 Å². The first-order chi connectivity index (χ1) is 20.3. The van der Waals surface area contributed by atoms with Crippen LogP contribution in [0.1, 0.15) is 11.1 Å². The van der Waals surface area contributed by atoms with Crippen molar-refractivity contribution >= 4 is 28.7 Å². The van der Waals surface area contributed by atoms with Crippen molar-refractivity contribution in [3.8, 4) is 0 Å². The van der Waals surface area contributed by atoms with Gasteiger partial charge in [0.1, 0.15) is 11.2 Å². The van der Waals surface area contributed by atoms with Crippen LogP contribution < -0.4 is 4.90 Å². The van der Waals surface area contributed by atoms with E-state index in [9.17, 15) is 25.0 Å². The van der Waals surface area contributed by atoms with Crippen molar-refractivity contribution in [3.05, 3.63) is 158 Å². The van der Waals surface area contributed by atoms with Gasteiger partial charge < -0.3 is 9.64 Å². The molecule has 0 aliphatic carbocycles. The standard InChI is InChI=1S/C30H22N6O6/c1-42-28(37)27-20-33(23-12-16-25(17-13-23)35(38)39)30(22-10-6-3-7-11-22)29(27,21-8-4-2-5-9-21)31-34(32-30)24-14-18-26(19-15-24)36(40)41/h2-20H,1H3/t29-,30+/m0/s1. The van der Waals surface area contributed by atoms with E-state index in [2.05, 4.69) is 0 Å². The fraction of sp³-hybridized carbons (Fsp3) is 0.100. The molecule has 0 radical (unpaired) electrons. The molecule has 4 aromatic carbocycles. The van der Waals surface area contributed by atoms with E-state index in [-0.39, 0.29) is 16.9 Å². The maximum Gasteiger partial charge on any atom is 0.336 e. The molecule has 2 heterocycles. The highest BCUT2D eigenvalue weighted by atomic mass is 16.6. The number of hydrogen-bond donors (Lipinski definition) is 0. The fourth-order valence-electron chi connectivity index (χ4n) is 5.52. The summed E-state index contributed by atoms with van der Waals surface area (Å²) >= 11 is 0. The number of benzene rings is 4. The van der Waals surface area contributed by atoms with Crippen LogP contribution in [0.25, 0.3) is 5.43 Å². The van der Waals surface area contributed by atoms with Crippen LogP contribution in [0.4, 0.5) is 22.7 Å². The van der Waals surface area contributed by atoms with Crippen LogP contribution >= 0.6 is 0 Å². The number of azo groups is 1. The Hall–Kier alpha value is -5.91. The Kier molecular flexibility index (Phi) is 6.22. The highest BCUT2D eigenvalue weighted by Crippen LogP contribution is 2.64. The third-order valence-electron chi connectivity index (χ3n) is 7.39. The number of nitrogens with zero attached hydrogens (tertiary/aromatic N) is 6. The van der Waals surface area contributed by atoms with E-state index >= 15 is 0 Å². The van der Waals surface area contributed by atoms with E-state index < -0.39 is 27.0 Å². The summed E-state index contributed by atoms with van der Waals surface area (Å²) in [5.41, 5.74) is 4.38. The smallest absolute Gasteiger partial charge is 0.336 e. The summed E-state index contributed by atoms with van der Waals surface area (Å²) in [4.78, 5) is 38.5. The number of methoxy groups -OCH3 is 1. The number of carbonyl (C=O) groups excluding carboxylic acids is 1. The quantitative estimate of drug-likeness (QED) is 0.112. The Labute approximate surface area is 239 Å². The Morgan fingerprint density at radius 1 is 0.810 bits per heavy atom. The molecule has 2 aliphatic heterocycles. The lowest BCUT2D eigenvalue weighted by Crippen LogP contribution is -2.52. The van der Waals surface area contributed by atoms with Gasteiger partial charge in [-0.25, -0.2) is 4.79 Å². The van der Waals surface area contributed by atoms with E-state index in [1.165, 1.54) is 48.3 Å². The molecule has 0 saturated heterocycles. The average molecular weight is 563 g/mol. The van der Waals surface area contributed by atoms with Crippen LogP contribution in [-0.4, -0.2) is 27.7 Å². The summed E-state index contributed by atoms with van der Waals surface area (Å²) in [5.74, 6) is -0.645. The van der Waals surface area contributed by atoms with Crippen molar-refractivity contribution in [3.63, 3.8) is 0 Å². The van der Waals surface area contributed by atoms with Crippen molar-refractivity contribution < 1.29 is 24.2 Å². The number of ether oxygens (including phenoxy) is 1. The van der Waals surface area contributed by atoms with E-state index in [1.54, 1.807) is 23.2 Å². The minimum Gasteiger partial charge on any atom is -0.466 e. The Balaban J connectivity index is 1.68. The molecule has 2 aliphatic rings. The summed E-state index contributed by atoms with van der Waals surface area (Å²) in [6.45, 7) is 0. The zero-order valence-electron chi connectivity index (χ0n) is 22.1. The number of fused-ring (bicyclic) bond motifs is 1. The summed E-state index contributed by atoms with van der Waals surface area (Å²) in [6, 6.07) is 30.1. The molecule has 0 fully saturated rings. The Morgan fingerprint density at radius 3 is 1.86 bits per heavy atom. The highest BCUT2D eigenvalue weighted by Gasteiger charge is 2.67. The topological polar surface area (TPSA) is 145 Å². The number of non-ortho nitro benzene ring substituents is 2. The molecule has 6 rings (SSSR count). The highest BCUT2D eigenvalue weighted by molar-refractivity contribution is 5.95. The second-order valence-electron chi connectivity index (χ2n) is 9.56. The van der Waals surface area contributed by atoms with Gasteiger partial charge in [0.15, 0.2) is 0 Å². The lowest BCUT2D eigenvalue weighted by molar-refractivity contribution is -0.457. The molecular formula is C30H22N6O6. The van der Waals surface area contributed by atoms with Gasteiger partial charge in [-0.05, 0) is 23.3 Å². The first-order valence-electron chi connectivity index (χ1n) is 12.8. The second kappa shape index (κ2) is 9.93. The van der Waals surface area contributed by atoms with Gasteiger partial charge >= 0.3 is 5.97 Å². The van der Waals surface area contributed by atoms with Gasteiger partial charge in [0.2, 0.25) is 5.69 Å². The maximum absolute atomic E-state index is 13.6. The largest absolute Gasteiger partial charge is 0.466 e. The zero-order chi connectivity index (χ0) is 29.5. The molecule has 42 heavy (non-hydrogen) atoms. The summed E-state index contributed by atoms with van der Waals surface area (Å²) in [6.07, 6.45) is 1.62. The predicted octanol–water partition coefficient (Wildman–Crippen LogP) is 6.23. The molecule has 208 valence electrons. The van der Waals surface area contributed by atoms with E-state index in [0.29, 0.717) is 22.5 Å². The first kappa shape index (κ1) is 26.3. The monoisotopic (exact) mass is 562 g/mol. The SMILES string of the molecule is COC(=O)C1=CN(c2ccc([N+](=O)[O-])cc2)[C@@]2(c3ccccc3)[N-][N+](c3ccc([N+](=O)[O-])cc3)=N[C@@]12c1ccccc1. The molecule has 0 unspecified atom stereocenters.